The van der Waals surface area contributed by atoms with Crippen molar-refractivity contribution in [2.75, 3.05) is 26.2 Å². The van der Waals surface area contributed by atoms with Gasteiger partial charge >= 0.3 is 0 Å². The predicted molar refractivity (Wildman–Crippen MR) is 93.2 cm³/mol. The van der Waals surface area contributed by atoms with Crippen LogP contribution in [0, 0.1) is 0 Å². The lowest BCUT2D eigenvalue weighted by Crippen LogP contribution is -2.42. The first kappa shape index (κ1) is 15.0. The lowest BCUT2D eigenvalue weighted by Gasteiger charge is -2.27. The van der Waals surface area contributed by atoms with Gasteiger partial charge in [0.05, 0.1) is 0 Å². The molecule has 2 N–H and O–H groups in total. The Morgan fingerprint density at radius 3 is 2.38 bits per heavy atom. The first-order chi connectivity index (χ1) is 11.9. The fourth-order valence-corrected chi connectivity index (χ4v) is 3.12. The number of tetrazole rings is 1. The van der Waals surface area contributed by atoms with Crippen LogP contribution in [0.1, 0.15) is 5.56 Å². The smallest absolute Gasteiger partial charge is 0.205 e. The van der Waals surface area contributed by atoms with E-state index in [1.54, 1.807) is 0 Å². The number of piperazine rings is 1. The third kappa shape index (κ3) is 3.20. The molecule has 1 fully saturated rings. The quantitative estimate of drug-likeness (QED) is 0.769. The monoisotopic (exact) mass is 320 g/mol. The van der Waals surface area contributed by atoms with Gasteiger partial charge in [0, 0.05) is 38.3 Å². The zero-order valence-electron chi connectivity index (χ0n) is 13.4. The van der Waals surface area contributed by atoms with Crippen LogP contribution in [0.4, 0.5) is 0 Å². The summed E-state index contributed by atoms with van der Waals surface area (Å²) in [7, 11) is 0. The Labute approximate surface area is 140 Å². The summed E-state index contributed by atoms with van der Waals surface area (Å²) in [6, 6.07) is 16.9. The van der Waals surface area contributed by atoms with E-state index in [9.17, 15) is 0 Å². The summed E-state index contributed by atoms with van der Waals surface area (Å²) < 4.78 is 0. The summed E-state index contributed by atoms with van der Waals surface area (Å²) >= 11 is 0. The van der Waals surface area contributed by atoms with Crippen molar-refractivity contribution in [3.8, 4) is 22.5 Å². The molecule has 0 atom stereocenters. The summed E-state index contributed by atoms with van der Waals surface area (Å²) in [5.41, 5.74) is 4.62. The van der Waals surface area contributed by atoms with Crippen molar-refractivity contribution >= 4 is 0 Å². The predicted octanol–water partition coefficient (Wildman–Crippen LogP) is 1.94. The summed E-state index contributed by atoms with van der Waals surface area (Å²) in [4.78, 5) is 2.48. The van der Waals surface area contributed by atoms with E-state index >= 15 is 0 Å². The number of aromatic nitrogens is 4. The zero-order valence-corrected chi connectivity index (χ0v) is 13.4. The van der Waals surface area contributed by atoms with E-state index in [1.165, 1.54) is 11.1 Å². The number of benzene rings is 2. The summed E-state index contributed by atoms with van der Waals surface area (Å²) in [6.45, 7) is 5.39. The lowest BCUT2D eigenvalue weighted by molar-refractivity contribution is 0.233. The molecule has 1 aliphatic heterocycles. The number of H-pyrrole nitrogens is 1. The van der Waals surface area contributed by atoms with Crippen LogP contribution in [0.15, 0.2) is 48.5 Å². The molecule has 2 aromatic carbocycles. The molecule has 2 heterocycles. The molecule has 0 amide bonds. The van der Waals surface area contributed by atoms with Crippen molar-refractivity contribution in [1.29, 1.82) is 0 Å². The molecule has 1 saturated heterocycles. The van der Waals surface area contributed by atoms with Crippen molar-refractivity contribution < 1.29 is 0 Å². The largest absolute Gasteiger partial charge is 0.314 e. The summed E-state index contributed by atoms with van der Waals surface area (Å²) in [5, 5.41) is 17.8. The van der Waals surface area contributed by atoms with Gasteiger partial charge in [-0.1, -0.05) is 48.5 Å². The molecule has 0 bridgehead atoms. The van der Waals surface area contributed by atoms with Crippen molar-refractivity contribution in [2.24, 2.45) is 0 Å². The lowest BCUT2D eigenvalue weighted by atomic mass is 9.98. The van der Waals surface area contributed by atoms with Gasteiger partial charge in [-0.2, -0.15) is 5.21 Å². The normalized spacial score (nSPS) is 15.5. The molecular formula is C18H20N6. The number of nitrogens with one attached hydrogen (secondary N) is 2. The molecule has 4 rings (SSSR count). The molecule has 1 aliphatic rings. The van der Waals surface area contributed by atoms with E-state index in [4.69, 9.17) is 0 Å². The third-order valence-electron chi connectivity index (χ3n) is 4.39. The molecule has 0 spiro atoms. The first-order valence-corrected chi connectivity index (χ1v) is 8.25. The van der Waals surface area contributed by atoms with Crippen molar-refractivity contribution in [3.05, 3.63) is 54.1 Å². The van der Waals surface area contributed by atoms with Crippen LogP contribution in [0.3, 0.4) is 0 Å². The standard InChI is InChI=1S/C18H20N6/c1-2-4-17(18-20-22-23-21-18)16(3-1)15-7-5-14(6-8-15)13-24-11-9-19-10-12-24/h1-8,19H,9-13H2,(H,20,21,22,23). The number of rotatable bonds is 4. The Morgan fingerprint density at radius 2 is 1.67 bits per heavy atom. The molecule has 6 heteroatoms. The average molecular weight is 320 g/mol. The van der Waals surface area contributed by atoms with Crippen LogP contribution in [0.2, 0.25) is 0 Å². The number of hydrogen-bond donors (Lipinski definition) is 2. The highest BCUT2D eigenvalue weighted by molar-refractivity contribution is 5.80. The molecule has 6 nitrogen and oxygen atoms in total. The molecule has 0 aliphatic carbocycles. The van der Waals surface area contributed by atoms with Crippen LogP contribution >= 0.6 is 0 Å². The van der Waals surface area contributed by atoms with Gasteiger partial charge in [-0.3, -0.25) is 4.90 Å². The molecular weight excluding hydrogens is 300 g/mol. The fourth-order valence-electron chi connectivity index (χ4n) is 3.12. The van der Waals surface area contributed by atoms with Crippen LogP contribution in [-0.4, -0.2) is 51.7 Å². The minimum absolute atomic E-state index is 0.621. The molecule has 122 valence electrons. The highest BCUT2D eigenvalue weighted by atomic mass is 15.5. The van der Waals surface area contributed by atoms with Crippen LogP contribution in [0.5, 0.6) is 0 Å². The van der Waals surface area contributed by atoms with E-state index < -0.39 is 0 Å². The van der Waals surface area contributed by atoms with Gasteiger partial charge in [0.25, 0.3) is 0 Å². The van der Waals surface area contributed by atoms with E-state index in [2.05, 4.69) is 61.2 Å². The van der Waals surface area contributed by atoms with Gasteiger partial charge < -0.3 is 5.32 Å². The maximum Gasteiger partial charge on any atom is 0.205 e. The van der Waals surface area contributed by atoms with Crippen molar-refractivity contribution in [3.63, 3.8) is 0 Å². The second-order valence-corrected chi connectivity index (χ2v) is 6.00. The maximum absolute atomic E-state index is 4.11. The Kier molecular flexibility index (Phi) is 4.31. The van der Waals surface area contributed by atoms with Gasteiger partial charge in [0.15, 0.2) is 0 Å². The summed E-state index contributed by atoms with van der Waals surface area (Å²) in [6.07, 6.45) is 0. The van der Waals surface area contributed by atoms with Gasteiger partial charge in [-0.05, 0) is 21.9 Å². The minimum Gasteiger partial charge on any atom is -0.314 e. The van der Waals surface area contributed by atoms with Gasteiger partial charge in [-0.15, -0.1) is 10.2 Å². The minimum atomic E-state index is 0.621. The van der Waals surface area contributed by atoms with Crippen molar-refractivity contribution in [2.45, 2.75) is 6.54 Å². The number of aromatic amines is 1. The number of hydrogen-bond acceptors (Lipinski definition) is 5. The topological polar surface area (TPSA) is 69.7 Å². The molecule has 0 saturated carbocycles. The zero-order chi connectivity index (χ0) is 16.2. The SMILES string of the molecule is c1ccc(-c2nn[nH]n2)c(-c2ccc(CN3CCNCC3)cc2)c1. The third-order valence-corrected chi connectivity index (χ3v) is 4.39. The van der Waals surface area contributed by atoms with Gasteiger partial charge in [0.1, 0.15) is 0 Å². The van der Waals surface area contributed by atoms with Gasteiger partial charge in [-0.25, -0.2) is 0 Å². The molecule has 3 aromatic rings. The highest BCUT2D eigenvalue weighted by Gasteiger charge is 2.12. The Morgan fingerprint density at radius 1 is 0.917 bits per heavy atom. The summed E-state index contributed by atoms with van der Waals surface area (Å²) in [5.74, 6) is 0.621. The average Bonchev–Trinajstić information content (AvgIpc) is 3.18. The van der Waals surface area contributed by atoms with Crippen LogP contribution in [-0.2, 0) is 6.54 Å². The molecule has 0 unspecified atom stereocenters. The second kappa shape index (κ2) is 6.90. The van der Waals surface area contributed by atoms with E-state index in [-0.39, 0.29) is 0 Å². The van der Waals surface area contributed by atoms with Crippen molar-refractivity contribution in [1.82, 2.24) is 30.8 Å². The number of nitrogens with zero attached hydrogens (tertiary/aromatic N) is 4. The highest BCUT2D eigenvalue weighted by Crippen LogP contribution is 2.29. The Balaban J connectivity index is 1.57. The molecule has 0 radical (unpaired) electrons. The second-order valence-electron chi connectivity index (χ2n) is 6.00. The van der Waals surface area contributed by atoms with E-state index in [1.807, 2.05) is 18.2 Å². The fraction of sp³-hybridized carbons (Fsp3) is 0.278. The Bertz CT molecular complexity index is 776. The maximum atomic E-state index is 4.11. The molecule has 1 aromatic heterocycles. The van der Waals surface area contributed by atoms with Gasteiger partial charge in [0.2, 0.25) is 5.82 Å². The van der Waals surface area contributed by atoms with Crippen LogP contribution < -0.4 is 5.32 Å². The van der Waals surface area contributed by atoms with E-state index in [0.29, 0.717) is 5.82 Å². The molecule has 24 heavy (non-hydrogen) atoms. The van der Waals surface area contributed by atoms with E-state index in [0.717, 1.165) is 43.9 Å². The first-order valence-electron chi connectivity index (χ1n) is 8.25. The Hall–Kier alpha value is -2.57. The van der Waals surface area contributed by atoms with Crippen LogP contribution in [0.25, 0.3) is 22.5 Å².